The lowest BCUT2D eigenvalue weighted by atomic mass is 9.93. The number of esters is 2. The second-order valence-electron chi connectivity index (χ2n) is 5.78. The van der Waals surface area contributed by atoms with Gasteiger partial charge in [-0.25, -0.2) is 0 Å². The van der Waals surface area contributed by atoms with Gasteiger partial charge in [0.2, 0.25) is 0 Å². The third kappa shape index (κ3) is 7.52. The van der Waals surface area contributed by atoms with E-state index in [1.165, 1.54) is 5.57 Å². The molecule has 0 aliphatic heterocycles. The fourth-order valence-corrected chi connectivity index (χ4v) is 2.25. The summed E-state index contributed by atoms with van der Waals surface area (Å²) in [4.78, 5) is 22.8. The van der Waals surface area contributed by atoms with Crippen molar-refractivity contribution in [3.05, 3.63) is 11.1 Å². The fourth-order valence-electron chi connectivity index (χ4n) is 2.25. The third-order valence-electron chi connectivity index (χ3n) is 3.82. The Morgan fingerprint density at radius 2 is 1.74 bits per heavy atom. The molecule has 0 heterocycles. The number of rotatable bonds is 7. The largest absolute Gasteiger partial charge is 0.461 e. The molecule has 1 aliphatic rings. The Labute approximate surface area is 134 Å². The third-order valence-corrected chi connectivity index (χ3v) is 3.82. The molecule has 132 valence electrons. The van der Waals surface area contributed by atoms with E-state index in [1.54, 1.807) is 0 Å². The predicted octanol–water partition coefficient (Wildman–Crippen LogP) is 4.08. The molecular formula is C16H23F3O4. The molecule has 1 aliphatic carbocycles. The van der Waals surface area contributed by atoms with E-state index in [1.807, 2.05) is 6.92 Å². The molecule has 1 rings (SSSR count). The molecule has 1 atom stereocenters. The number of carbonyl (C=O) groups is 2. The van der Waals surface area contributed by atoms with Crippen LogP contribution in [0.5, 0.6) is 0 Å². The van der Waals surface area contributed by atoms with Crippen LogP contribution >= 0.6 is 0 Å². The molecule has 0 aromatic rings. The molecule has 0 amide bonds. The molecule has 0 N–H and O–H groups in total. The molecular weight excluding hydrogens is 313 g/mol. The molecule has 7 heteroatoms. The highest BCUT2D eigenvalue weighted by Gasteiger charge is 2.38. The Kier molecular flexibility index (Phi) is 7.58. The van der Waals surface area contributed by atoms with Gasteiger partial charge >= 0.3 is 18.1 Å². The van der Waals surface area contributed by atoms with Crippen molar-refractivity contribution in [2.75, 3.05) is 6.61 Å². The number of hydrogen-bond acceptors (Lipinski definition) is 4. The molecule has 23 heavy (non-hydrogen) atoms. The van der Waals surface area contributed by atoms with Gasteiger partial charge in [0.1, 0.15) is 6.61 Å². The van der Waals surface area contributed by atoms with E-state index in [0.717, 1.165) is 38.2 Å². The van der Waals surface area contributed by atoms with Crippen LogP contribution in [0.4, 0.5) is 13.2 Å². The van der Waals surface area contributed by atoms with Gasteiger partial charge in [-0.15, -0.1) is 0 Å². The van der Waals surface area contributed by atoms with Gasteiger partial charge < -0.3 is 9.47 Å². The molecule has 1 unspecified atom stereocenters. The van der Waals surface area contributed by atoms with Gasteiger partial charge in [0.25, 0.3) is 0 Å². The molecule has 0 radical (unpaired) electrons. The quantitative estimate of drug-likeness (QED) is 0.519. The summed E-state index contributed by atoms with van der Waals surface area (Å²) >= 11 is 0. The average molecular weight is 336 g/mol. The number of allylic oxidation sites excluding steroid dienone is 1. The summed E-state index contributed by atoms with van der Waals surface area (Å²) in [6.07, 6.45) is -2.64. The van der Waals surface area contributed by atoms with Gasteiger partial charge in [0.15, 0.2) is 6.10 Å². The Morgan fingerprint density at radius 3 is 2.35 bits per heavy atom. The molecule has 0 bridgehead atoms. The van der Waals surface area contributed by atoms with Gasteiger partial charge in [0, 0.05) is 12.8 Å². The highest BCUT2D eigenvalue weighted by Crippen LogP contribution is 2.24. The van der Waals surface area contributed by atoms with Gasteiger partial charge in [-0.2, -0.15) is 13.2 Å². The molecule has 0 spiro atoms. The van der Waals surface area contributed by atoms with Crippen LogP contribution < -0.4 is 0 Å². The summed E-state index contributed by atoms with van der Waals surface area (Å²) in [5.41, 5.74) is 2.40. The van der Waals surface area contributed by atoms with Crippen molar-refractivity contribution in [3.8, 4) is 0 Å². The highest BCUT2D eigenvalue weighted by atomic mass is 19.4. The summed E-state index contributed by atoms with van der Waals surface area (Å²) in [6.45, 7) is 3.06. The van der Waals surface area contributed by atoms with E-state index < -0.39 is 24.2 Å². The van der Waals surface area contributed by atoms with Gasteiger partial charge in [-0.05, 0) is 51.5 Å². The molecule has 0 fully saturated rings. The predicted molar refractivity (Wildman–Crippen MR) is 77.6 cm³/mol. The normalized spacial score (nSPS) is 16.9. The first-order valence-electron chi connectivity index (χ1n) is 7.79. The van der Waals surface area contributed by atoms with Crippen LogP contribution in [0.15, 0.2) is 11.1 Å². The van der Waals surface area contributed by atoms with Crippen molar-refractivity contribution in [2.45, 2.75) is 71.1 Å². The van der Waals surface area contributed by atoms with E-state index in [0.29, 0.717) is 0 Å². The minimum Gasteiger partial charge on any atom is -0.461 e. The zero-order chi connectivity index (χ0) is 17.5. The SMILES string of the molecule is CC1=C(COC(=O)CCCC(=O)OC(C)C(F)(F)F)CCCC1. The second kappa shape index (κ2) is 8.93. The van der Waals surface area contributed by atoms with Crippen LogP contribution in [0, 0.1) is 0 Å². The zero-order valence-electron chi connectivity index (χ0n) is 13.5. The van der Waals surface area contributed by atoms with Crippen LogP contribution in [0.2, 0.25) is 0 Å². The van der Waals surface area contributed by atoms with Crippen molar-refractivity contribution in [2.24, 2.45) is 0 Å². The van der Waals surface area contributed by atoms with Crippen LogP contribution in [0.1, 0.15) is 58.8 Å². The summed E-state index contributed by atoms with van der Waals surface area (Å²) in [6, 6.07) is 0. The van der Waals surface area contributed by atoms with Crippen LogP contribution in [-0.4, -0.2) is 30.8 Å². The highest BCUT2D eigenvalue weighted by molar-refractivity contribution is 5.72. The number of carbonyl (C=O) groups excluding carboxylic acids is 2. The topological polar surface area (TPSA) is 52.6 Å². The molecule has 0 aromatic carbocycles. The zero-order valence-corrected chi connectivity index (χ0v) is 13.5. The van der Waals surface area contributed by atoms with Gasteiger partial charge in [0.05, 0.1) is 0 Å². The lowest BCUT2D eigenvalue weighted by Crippen LogP contribution is -2.30. The molecule has 4 nitrogen and oxygen atoms in total. The first-order chi connectivity index (χ1) is 10.7. The monoisotopic (exact) mass is 336 g/mol. The summed E-state index contributed by atoms with van der Waals surface area (Å²) in [7, 11) is 0. The Bertz CT molecular complexity index is 455. The minimum absolute atomic E-state index is 0.0121. The Morgan fingerprint density at radius 1 is 1.13 bits per heavy atom. The maximum atomic E-state index is 12.2. The smallest absolute Gasteiger partial charge is 0.425 e. The van der Waals surface area contributed by atoms with Crippen LogP contribution in [-0.2, 0) is 19.1 Å². The van der Waals surface area contributed by atoms with Crippen molar-refractivity contribution >= 4 is 11.9 Å². The minimum atomic E-state index is -4.57. The summed E-state index contributed by atoms with van der Waals surface area (Å²) < 4.78 is 46.0. The van der Waals surface area contributed by atoms with E-state index in [-0.39, 0.29) is 25.9 Å². The fraction of sp³-hybridized carbons (Fsp3) is 0.750. The molecule has 0 saturated heterocycles. The Hall–Kier alpha value is -1.53. The van der Waals surface area contributed by atoms with Gasteiger partial charge in [-0.1, -0.05) is 5.57 Å². The van der Waals surface area contributed by atoms with Crippen molar-refractivity contribution < 1.29 is 32.2 Å². The lowest BCUT2D eigenvalue weighted by Gasteiger charge is -2.17. The number of ether oxygens (including phenoxy) is 2. The number of alkyl halides is 3. The average Bonchev–Trinajstić information content (AvgIpc) is 2.45. The van der Waals surface area contributed by atoms with E-state index in [4.69, 9.17) is 4.74 Å². The Balaban J connectivity index is 2.20. The first-order valence-corrected chi connectivity index (χ1v) is 7.79. The summed E-state index contributed by atoms with van der Waals surface area (Å²) in [5.74, 6) is -1.42. The van der Waals surface area contributed by atoms with E-state index in [2.05, 4.69) is 4.74 Å². The molecule has 0 aromatic heterocycles. The second-order valence-corrected chi connectivity index (χ2v) is 5.78. The van der Waals surface area contributed by atoms with Crippen LogP contribution in [0.3, 0.4) is 0 Å². The maximum Gasteiger partial charge on any atom is 0.425 e. The standard InChI is InChI=1S/C16H23F3O4/c1-11-6-3-4-7-13(11)10-22-14(20)8-5-9-15(21)23-12(2)16(17,18)19/h12H,3-10H2,1-2H3. The van der Waals surface area contributed by atoms with Crippen molar-refractivity contribution in [3.63, 3.8) is 0 Å². The maximum absolute atomic E-state index is 12.2. The molecule has 0 saturated carbocycles. The van der Waals surface area contributed by atoms with E-state index >= 15 is 0 Å². The van der Waals surface area contributed by atoms with Gasteiger partial charge in [-0.3, -0.25) is 9.59 Å². The van der Waals surface area contributed by atoms with Crippen molar-refractivity contribution in [1.29, 1.82) is 0 Å². The number of hydrogen-bond donors (Lipinski definition) is 0. The lowest BCUT2D eigenvalue weighted by molar-refractivity contribution is -0.216. The van der Waals surface area contributed by atoms with E-state index in [9.17, 15) is 22.8 Å². The first kappa shape index (κ1) is 19.5. The van der Waals surface area contributed by atoms with Crippen LogP contribution in [0.25, 0.3) is 0 Å². The summed E-state index contributed by atoms with van der Waals surface area (Å²) in [5, 5.41) is 0. The van der Waals surface area contributed by atoms with Crippen molar-refractivity contribution in [1.82, 2.24) is 0 Å². The number of halogens is 3.